The molecule has 3 aromatic carbocycles. The van der Waals surface area contributed by atoms with Crippen molar-refractivity contribution < 1.29 is 14.3 Å². The summed E-state index contributed by atoms with van der Waals surface area (Å²) in [6, 6.07) is 20.1. The SMILES string of the molecule is Cc1nc2cc(N=C(NC#N)Oc3ccccc3)ccc2s1.Cc1nc2cc(NC(=NC3CCCCN(CC(=O)N4CCCC4)C3=O)NC#N)ccc2s1. The first-order valence-electron chi connectivity index (χ1n) is 17.6. The number of guanidine groups is 1. The van der Waals surface area contributed by atoms with Crippen molar-refractivity contribution in [2.75, 3.05) is 31.5 Å². The first-order chi connectivity index (χ1) is 26.3. The summed E-state index contributed by atoms with van der Waals surface area (Å²) < 4.78 is 7.76. The van der Waals surface area contributed by atoms with Crippen LogP contribution in [-0.2, 0) is 9.59 Å². The molecule has 14 nitrogen and oxygen atoms in total. The van der Waals surface area contributed by atoms with Crippen molar-refractivity contribution in [3.63, 3.8) is 0 Å². The Bertz CT molecular complexity index is 2250. The number of hydrogen-bond acceptors (Lipinski definition) is 11. The lowest BCUT2D eigenvalue weighted by atomic mass is 10.1. The summed E-state index contributed by atoms with van der Waals surface area (Å²) in [6.45, 7) is 6.11. The van der Waals surface area contributed by atoms with E-state index in [0.29, 0.717) is 24.4 Å². The van der Waals surface area contributed by atoms with Gasteiger partial charge in [-0.05, 0) is 94.5 Å². The molecule has 5 aromatic rings. The number of ether oxygens (including phenoxy) is 1. The van der Waals surface area contributed by atoms with Crippen molar-refractivity contribution >= 4 is 78.3 Å². The van der Waals surface area contributed by atoms with Crippen LogP contribution in [0.2, 0.25) is 0 Å². The molecule has 2 saturated heterocycles. The van der Waals surface area contributed by atoms with E-state index in [4.69, 9.17) is 10.00 Å². The molecule has 4 heterocycles. The fraction of sp³-hybridized carbons (Fsp3) is 0.316. The van der Waals surface area contributed by atoms with Gasteiger partial charge in [-0.15, -0.1) is 22.7 Å². The van der Waals surface area contributed by atoms with Crippen LogP contribution >= 0.6 is 22.7 Å². The van der Waals surface area contributed by atoms with Crippen LogP contribution in [0.4, 0.5) is 11.4 Å². The standard InChI is InChI=1S/C22H27N7O2S.C16H12N4OS/c1-15-25-18-12-16(7-8-19(18)32-15)26-22(24-14-23)27-17-6-2-3-11-29(21(17)31)13-20(30)28-9-4-5-10-28;1-11-19-14-9-12(7-8-15(14)22-11)20-16(18-10-17)21-13-5-3-2-4-6-13/h7-8,12,17H,2-6,9-11,13H2,1H3,(H2,24,26,27);2-9H,1H3,(H,18,20). The molecular weight excluding hydrogens is 723 g/mol. The molecule has 0 radical (unpaired) electrons. The summed E-state index contributed by atoms with van der Waals surface area (Å²) in [7, 11) is 0. The summed E-state index contributed by atoms with van der Waals surface area (Å²) in [5, 5.41) is 28.1. The fourth-order valence-corrected chi connectivity index (χ4v) is 7.71. The van der Waals surface area contributed by atoms with Gasteiger partial charge in [0, 0.05) is 25.3 Å². The maximum Gasteiger partial charge on any atom is 0.309 e. The van der Waals surface area contributed by atoms with E-state index in [9.17, 15) is 14.9 Å². The number of para-hydroxylation sites is 1. The second kappa shape index (κ2) is 18.1. The Morgan fingerprint density at radius 2 is 1.56 bits per heavy atom. The molecule has 0 spiro atoms. The van der Waals surface area contributed by atoms with Gasteiger partial charge in [0.25, 0.3) is 0 Å². The number of anilines is 1. The van der Waals surface area contributed by atoms with Gasteiger partial charge in [-0.2, -0.15) is 15.5 Å². The third-order valence-electron chi connectivity index (χ3n) is 8.58. The van der Waals surface area contributed by atoms with Gasteiger partial charge in [0.15, 0.2) is 12.4 Å². The number of benzene rings is 3. The van der Waals surface area contributed by atoms with Crippen LogP contribution < -0.4 is 20.7 Å². The first kappa shape index (κ1) is 37.7. The Morgan fingerprint density at radius 1 is 0.889 bits per heavy atom. The lowest BCUT2D eigenvalue weighted by Gasteiger charge is -2.25. The molecule has 16 heteroatoms. The number of likely N-dealkylation sites (tertiary alicyclic amines) is 2. The van der Waals surface area contributed by atoms with Gasteiger partial charge in [-0.25, -0.2) is 20.3 Å². The third-order valence-corrected chi connectivity index (χ3v) is 10.5. The summed E-state index contributed by atoms with van der Waals surface area (Å²) in [6.07, 6.45) is 8.00. The highest BCUT2D eigenvalue weighted by molar-refractivity contribution is 7.18. The van der Waals surface area contributed by atoms with Gasteiger partial charge >= 0.3 is 6.02 Å². The van der Waals surface area contributed by atoms with Crippen LogP contribution in [0.15, 0.2) is 76.7 Å². The molecule has 2 fully saturated rings. The van der Waals surface area contributed by atoms with Crippen molar-refractivity contribution in [1.82, 2.24) is 30.4 Å². The summed E-state index contributed by atoms with van der Waals surface area (Å²) in [5.74, 6) is 0.653. The minimum absolute atomic E-state index is 0.000775. The number of amides is 2. The number of carbonyl (C=O) groups excluding carboxylic acids is 2. The van der Waals surface area contributed by atoms with Gasteiger partial charge in [-0.3, -0.25) is 14.9 Å². The molecule has 2 aliphatic heterocycles. The summed E-state index contributed by atoms with van der Waals surface area (Å²) in [5.41, 5.74) is 3.16. The van der Waals surface area contributed by atoms with Crippen LogP contribution in [0.1, 0.15) is 42.1 Å². The highest BCUT2D eigenvalue weighted by atomic mass is 32.1. The van der Waals surface area contributed by atoms with Crippen LogP contribution in [0, 0.1) is 36.8 Å². The van der Waals surface area contributed by atoms with E-state index >= 15 is 0 Å². The number of aliphatic imine (C=N–C) groups is 2. The Kier molecular flexibility index (Phi) is 12.6. The van der Waals surface area contributed by atoms with E-state index in [1.165, 1.54) is 0 Å². The molecule has 0 saturated carbocycles. The van der Waals surface area contributed by atoms with E-state index in [0.717, 1.165) is 74.9 Å². The highest BCUT2D eigenvalue weighted by Gasteiger charge is 2.30. The topological polar surface area (TPSA) is 184 Å². The van der Waals surface area contributed by atoms with Crippen LogP contribution in [-0.4, -0.2) is 75.8 Å². The molecular formula is C38H39N11O3S2. The highest BCUT2D eigenvalue weighted by Crippen LogP contribution is 2.27. The number of carbonyl (C=O) groups is 2. The Balaban J connectivity index is 0.000000197. The predicted molar refractivity (Wildman–Crippen MR) is 211 cm³/mol. The number of rotatable bonds is 6. The quantitative estimate of drug-likeness (QED) is 0.0781. The summed E-state index contributed by atoms with van der Waals surface area (Å²) >= 11 is 3.25. The molecule has 7 rings (SSSR count). The van der Waals surface area contributed by atoms with Crippen molar-refractivity contribution in [2.45, 2.75) is 52.0 Å². The average molecular weight is 762 g/mol. The minimum atomic E-state index is -0.641. The number of fused-ring (bicyclic) bond motifs is 2. The van der Waals surface area contributed by atoms with E-state index < -0.39 is 6.04 Å². The normalized spacial score (nSPS) is 16.2. The zero-order valence-electron chi connectivity index (χ0n) is 29.9. The van der Waals surface area contributed by atoms with E-state index in [-0.39, 0.29) is 30.3 Å². The van der Waals surface area contributed by atoms with Gasteiger partial charge < -0.3 is 19.9 Å². The largest absolute Gasteiger partial charge is 0.425 e. The van der Waals surface area contributed by atoms with Crippen LogP contribution in [0.5, 0.6) is 5.75 Å². The zero-order valence-corrected chi connectivity index (χ0v) is 31.5. The van der Waals surface area contributed by atoms with E-state index in [1.54, 1.807) is 39.7 Å². The zero-order chi connectivity index (χ0) is 37.9. The molecule has 2 aromatic heterocycles. The molecule has 1 atom stereocenters. The lowest BCUT2D eigenvalue weighted by Crippen LogP contribution is -2.45. The number of hydrogen-bond donors (Lipinski definition) is 3. The van der Waals surface area contributed by atoms with Crippen molar-refractivity contribution in [3.05, 3.63) is 76.7 Å². The molecule has 2 amide bonds. The van der Waals surface area contributed by atoms with Crippen molar-refractivity contribution in [2.24, 2.45) is 9.98 Å². The van der Waals surface area contributed by atoms with E-state index in [2.05, 4.69) is 35.9 Å². The van der Waals surface area contributed by atoms with Gasteiger partial charge in [-0.1, -0.05) is 18.2 Å². The van der Waals surface area contributed by atoms with Gasteiger partial charge in [0.05, 0.1) is 42.7 Å². The Morgan fingerprint density at radius 3 is 2.26 bits per heavy atom. The molecule has 1 unspecified atom stereocenters. The fourth-order valence-electron chi connectivity index (χ4n) is 6.10. The second-order valence-electron chi connectivity index (χ2n) is 12.6. The van der Waals surface area contributed by atoms with Gasteiger partial charge in [0.1, 0.15) is 11.8 Å². The third kappa shape index (κ3) is 10.1. The molecule has 3 N–H and O–H groups in total. The first-order valence-corrected chi connectivity index (χ1v) is 19.2. The van der Waals surface area contributed by atoms with Gasteiger partial charge in [0.2, 0.25) is 17.8 Å². The molecule has 2 aliphatic rings. The Labute approximate surface area is 320 Å². The molecule has 0 bridgehead atoms. The van der Waals surface area contributed by atoms with E-state index in [1.807, 2.05) is 85.7 Å². The van der Waals surface area contributed by atoms with Crippen molar-refractivity contribution in [3.8, 4) is 18.1 Å². The maximum absolute atomic E-state index is 13.2. The van der Waals surface area contributed by atoms with Crippen molar-refractivity contribution in [1.29, 1.82) is 10.5 Å². The van der Waals surface area contributed by atoms with Crippen LogP contribution in [0.25, 0.3) is 20.4 Å². The number of aromatic nitrogens is 2. The smallest absolute Gasteiger partial charge is 0.309 e. The predicted octanol–water partition coefficient (Wildman–Crippen LogP) is 6.19. The maximum atomic E-state index is 13.2. The number of nitrogens with one attached hydrogen (secondary N) is 3. The average Bonchev–Trinajstić information content (AvgIpc) is 3.89. The number of thiazole rings is 2. The molecule has 276 valence electrons. The monoisotopic (exact) mass is 761 g/mol. The minimum Gasteiger partial charge on any atom is -0.425 e. The number of nitrogens with zero attached hydrogens (tertiary/aromatic N) is 8. The number of amidine groups is 1. The number of aryl methyl sites for hydroxylation is 2. The number of nitriles is 2. The molecule has 0 aliphatic carbocycles. The molecule has 54 heavy (non-hydrogen) atoms. The Hall–Kier alpha value is -6.10. The van der Waals surface area contributed by atoms with Crippen LogP contribution in [0.3, 0.4) is 0 Å². The lowest BCUT2D eigenvalue weighted by molar-refractivity contribution is -0.140. The second-order valence-corrected chi connectivity index (χ2v) is 15.0. The summed E-state index contributed by atoms with van der Waals surface area (Å²) in [4.78, 5) is 47.0.